The van der Waals surface area contributed by atoms with Crippen molar-refractivity contribution in [3.63, 3.8) is 0 Å². The van der Waals surface area contributed by atoms with Gasteiger partial charge in [-0.15, -0.1) is 0 Å². The van der Waals surface area contributed by atoms with Crippen molar-refractivity contribution < 1.29 is 4.79 Å². The van der Waals surface area contributed by atoms with Crippen LogP contribution in [-0.2, 0) is 4.79 Å². The summed E-state index contributed by atoms with van der Waals surface area (Å²) in [5, 5.41) is 10.9. The maximum absolute atomic E-state index is 13.1. The van der Waals surface area contributed by atoms with Gasteiger partial charge in [0.15, 0.2) is 0 Å². The highest BCUT2D eigenvalue weighted by atomic mass is 16.2. The molecule has 5 heteroatoms. The fraction of sp³-hybridized carbons (Fsp3) is 0.0312. The molecule has 0 saturated heterocycles. The van der Waals surface area contributed by atoms with Crippen molar-refractivity contribution in [3.8, 4) is 28.2 Å². The van der Waals surface area contributed by atoms with E-state index in [1.807, 2.05) is 109 Å². The highest BCUT2D eigenvalue weighted by Gasteiger charge is 2.28. The van der Waals surface area contributed by atoms with Crippen LogP contribution in [0.25, 0.3) is 34.3 Å². The maximum atomic E-state index is 13.1. The summed E-state index contributed by atoms with van der Waals surface area (Å²) in [5.74, 6) is -0.126. The van der Waals surface area contributed by atoms with E-state index < -0.39 is 0 Å². The molecule has 0 fully saturated rings. The zero-order chi connectivity index (χ0) is 25.2. The zero-order valence-corrected chi connectivity index (χ0v) is 20.3. The molecular weight excluding hydrogens is 456 g/mol. The number of benzene rings is 4. The van der Waals surface area contributed by atoms with Gasteiger partial charge < -0.3 is 0 Å². The molecule has 0 bridgehead atoms. The normalized spacial score (nSPS) is 14.3. The van der Waals surface area contributed by atoms with Gasteiger partial charge in [-0.1, -0.05) is 91.0 Å². The average Bonchev–Trinajstić information content (AvgIpc) is 3.52. The molecule has 1 aliphatic heterocycles. The number of rotatable bonds is 5. The van der Waals surface area contributed by atoms with E-state index in [9.17, 15) is 4.79 Å². The molecule has 1 amide bonds. The molecule has 0 N–H and O–H groups in total. The van der Waals surface area contributed by atoms with Gasteiger partial charge in [-0.05, 0) is 48.9 Å². The van der Waals surface area contributed by atoms with Gasteiger partial charge in [-0.2, -0.15) is 15.2 Å². The molecule has 37 heavy (non-hydrogen) atoms. The molecule has 0 spiro atoms. The van der Waals surface area contributed by atoms with Gasteiger partial charge in [0.2, 0.25) is 0 Å². The molecule has 5 aromatic rings. The third-order valence-corrected chi connectivity index (χ3v) is 6.36. The van der Waals surface area contributed by atoms with Crippen LogP contribution < -0.4 is 5.01 Å². The Morgan fingerprint density at radius 1 is 0.676 bits per heavy atom. The van der Waals surface area contributed by atoms with Crippen molar-refractivity contribution >= 4 is 23.4 Å². The number of para-hydroxylation sites is 1. The minimum absolute atomic E-state index is 0.126. The fourth-order valence-electron chi connectivity index (χ4n) is 4.45. The summed E-state index contributed by atoms with van der Waals surface area (Å²) in [6.45, 7) is 1.86. The number of hydrazone groups is 1. The largest absolute Gasteiger partial charge is 0.280 e. The number of hydrogen-bond acceptors (Lipinski definition) is 3. The Morgan fingerprint density at radius 3 is 1.92 bits per heavy atom. The summed E-state index contributed by atoms with van der Waals surface area (Å²) < 4.78 is 1.97. The van der Waals surface area contributed by atoms with E-state index in [0.29, 0.717) is 11.3 Å². The summed E-state index contributed by atoms with van der Waals surface area (Å²) in [6, 6.07) is 40.1. The minimum Gasteiger partial charge on any atom is -0.267 e. The lowest BCUT2D eigenvalue weighted by Gasteiger charge is -2.11. The first-order valence-corrected chi connectivity index (χ1v) is 12.2. The molecule has 0 atom stereocenters. The van der Waals surface area contributed by atoms with Gasteiger partial charge >= 0.3 is 0 Å². The van der Waals surface area contributed by atoms with Gasteiger partial charge in [0.25, 0.3) is 5.91 Å². The lowest BCUT2D eigenvalue weighted by molar-refractivity contribution is -0.114. The molecular formula is C32H24N4O. The van der Waals surface area contributed by atoms with Crippen LogP contribution in [0.4, 0.5) is 5.69 Å². The molecule has 6 rings (SSSR count). The van der Waals surface area contributed by atoms with Crippen molar-refractivity contribution in [3.05, 3.63) is 132 Å². The second-order valence-corrected chi connectivity index (χ2v) is 8.85. The van der Waals surface area contributed by atoms with Crippen LogP contribution in [-0.4, -0.2) is 21.4 Å². The lowest BCUT2D eigenvalue weighted by atomic mass is 10.1. The number of hydrogen-bond donors (Lipinski definition) is 0. The third-order valence-electron chi connectivity index (χ3n) is 6.36. The van der Waals surface area contributed by atoms with Crippen molar-refractivity contribution in [1.29, 1.82) is 0 Å². The molecule has 4 aromatic carbocycles. The smallest absolute Gasteiger partial charge is 0.267 e. The minimum atomic E-state index is -0.126. The predicted molar refractivity (Wildman–Crippen MR) is 149 cm³/mol. The SMILES string of the molecule is CC1=NN(c2ccccc2)C(=O)/C1=C\c1ccc(-n2nc(-c3ccccc3)cc2-c2ccccc2)cc1. The number of aromatic nitrogens is 2. The molecule has 178 valence electrons. The lowest BCUT2D eigenvalue weighted by Crippen LogP contribution is -2.21. The van der Waals surface area contributed by atoms with Gasteiger partial charge in [0, 0.05) is 11.1 Å². The second-order valence-electron chi connectivity index (χ2n) is 8.85. The highest BCUT2D eigenvalue weighted by Crippen LogP contribution is 2.29. The Balaban J connectivity index is 1.34. The van der Waals surface area contributed by atoms with Crippen LogP contribution in [0.15, 0.2) is 132 Å². The van der Waals surface area contributed by atoms with Gasteiger partial charge in [0.1, 0.15) is 0 Å². The predicted octanol–water partition coefficient (Wildman–Crippen LogP) is 7.01. The maximum Gasteiger partial charge on any atom is 0.280 e. The van der Waals surface area contributed by atoms with Crippen LogP contribution in [0.1, 0.15) is 12.5 Å². The standard InChI is InChI=1S/C32H24N4O/c1-23-29(32(37)36(33-23)27-15-9-4-10-16-27)21-24-17-19-28(20-18-24)35-31(26-13-7-3-8-14-26)22-30(34-35)25-11-5-2-6-12-25/h2-22H,1H3/b29-21-. The average molecular weight is 481 g/mol. The Kier molecular flexibility index (Phi) is 5.79. The molecule has 5 nitrogen and oxygen atoms in total. The molecule has 1 aromatic heterocycles. The Morgan fingerprint density at radius 2 is 1.27 bits per heavy atom. The topological polar surface area (TPSA) is 50.5 Å². The first-order valence-electron chi connectivity index (χ1n) is 12.2. The van der Waals surface area contributed by atoms with Crippen molar-refractivity contribution in [1.82, 2.24) is 9.78 Å². The summed E-state index contributed by atoms with van der Waals surface area (Å²) in [4.78, 5) is 13.1. The first kappa shape index (κ1) is 22.4. The van der Waals surface area contributed by atoms with E-state index in [4.69, 9.17) is 5.10 Å². The van der Waals surface area contributed by atoms with Gasteiger partial charge in [-0.3, -0.25) is 4.79 Å². The Labute approximate surface area is 215 Å². The van der Waals surface area contributed by atoms with Crippen molar-refractivity contribution in [2.75, 3.05) is 5.01 Å². The van der Waals surface area contributed by atoms with E-state index in [1.54, 1.807) is 0 Å². The first-order chi connectivity index (χ1) is 18.2. The molecule has 0 aliphatic carbocycles. The Bertz CT molecular complexity index is 1620. The van der Waals surface area contributed by atoms with Crippen LogP contribution in [0.3, 0.4) is 0 Å². The van der Waals surface area contributed by atoms with Crippen LogP contribution in [0.5, 0.6) is 0 Å². The number of nitrogens with zero attached hydrogens (tertiary/aromatic N) is 4. The van der Waals surface area contributed by atoms with Crippen molar-refractivity contribution in [2.45, 2.75) is 6.92 Å². The summed E-state index contributed by atoms with van der Waals surface area (Å²) in [5.41, 5.74) is 7.99. The fourth-order valence-corrected chi connectivity index (χ4v) is 4.45. The second kappa shape index (κ2) is 9.55. The number of anilines is 1. The quantitative estimate of drug-likeness (QED) is 0.254. The van der Waals surface area contributed by atoms with Gasteiger partial charge in [-0.25, -0.2) is 4.68 Å². The molecule has 0 saturated carbocycles. The van der Waals surface area contributed by atoms with E-state index >= 15 is 0 Å². The Hall–Kier alpha value is -5.03. The molecule has 0 radical (unpaired) electrons. The monoisotopic (exact) mass is 480 g/mol. The van der Waals surface area contributed by atoms with Crippen LogP contribution in [0.2, 0.25) is 0 Å². The van der Waals surface area contributed by atoms with Crippen molar-refractivity contribution in [2.24, 2.45) is 5.10 Å². The molecule has 2 heterocycles. The summed E-state index contributed by atoms with van der Waals surface area (Å²) >= 11 is 0. The van der Waals surface area contributed by atoms with Crippen LogP contribution in [0, 0.1) is 0 Å². The van der Waals surface area contributed by atoms with E-state index in [0.717, 1.165) is 39.5 Å². The van der Waals surface area contributed by atoms with E-state index in [-0.39, 0.29) is 5.91 Å². The zero-order valence-electron chi connectivity index (χ0n) is 20.3. The van der Waals surface area contributed by atoms with E-state index in [2.05, 4.69) is 35.4 Å². The summed E-state index contributed by atoms with van der Waals surface area (Å²) in [7, 11) is 0. The van der Waals surface area contributed by atoms with E-state index in [1.165, 1.54) is 5.01 Å². The van der Waals surface area contributed by atoms with Gasteiger partial charge in [0.05, 0.1) is 34.0 Å². The number of amides is 1. The third kappa shape index (κ3) is 4.39. The number of carbonyl (C=O) groups excluding carboxylic acids is 1. The number of carbonyl (C=O) groups is 1. The molecule has 0 unspecified atom stereocenters. The van der Waals surface area contributed by atoms with Crippen LogP contribution >= 0.6 is 0 Å². The summed E-state index contributed by atoms with van der Waals surface area (Å²) in [6.07, 6.45) is 1.89. The molecule has 1 aliphatic rings. The highest BCUT2D eigenvalue weighted by molar-refractivity contribution is 6.32.